The van der Waals surface area contributed by atoms with Gasteiger partial charge in [0.2, 0.25) is 0 Å². The van der Waals surface area contributed by atoms with Crippen molar-refractivity contribution in [3.8, 4) is 5.75 Å². The molecule has 1 unspecified atom stereocenters. The van der Waals surface area contributed by atoms with Gasteiger partial charge in [0.1, 0.15) is 5.75 Å². The van der Waals surface area contributed by atoms with Crippen molar-refractivity contribution in [2.75, 3.05) is 26.7 Å². The van der Waals surface area contributed by atoms with Gasteiger partial charge in [-0.1, -0.05) is 30.4 Å². The van der Waals surface area contributed by atoms with Gasteiger partial charge in [-0.25, -0.2) is 0 Å². The van der Waals surface area contributed by atoms with Crippen molar-refractivity contribution in [1.82, 2.24) is 4.90 Å². The van der Waals surface area contributed by atoms with Gasteiger partial charge < -0.3 is 10.5 Å². The number of hydrogen-bond acceptors (Lipinski definition) is 3. The normalized spacial score (nSPS) is 13.5. The number of benzene rings is 1. The van der Waals surface area contributed by atoms with Crippen LogP contribution >= 0.6 is 0 Å². The van der Waals surface area contributed by atoms with E-state index in [-0.39, 0.29) is 0 Å². The molecule has 114 valence electrons. The first-order valence-electron chi connectivity index (χ1n) is 7.08. The first-order valence-corrected chi connectivity index (χ1v) is 7.08. The van der Waals surface area contributed by atoms with E-state index in [1.54, 1.807) is 7.11 Å². The summed E-state index contributed by atoms with van der Waals surface area (Å²) in [7, 11) is 1.66. The molecule has 0 aliphatic heterocycles. The molecule has 0 fully saturated rings. The highest BCUT2D eigenvalue weighted by Gasteiger charge is 2.28. The van der Waals surface area contributed by atoms with Gasteiger partial charge in [-0.3, -0.25) is 4.90 Å². The van der Waals surface area contributed by atoms with E-state index in [4.69, 9.17) is 10.5 Å². The van der Waals surface area contributed by atoms with Crippen LogP contribution in [0.15, 0.2) is 62.2 Å². The van der Waals surface area contributed by atoms with E-state index < -0.39 is 5.54 Å². The lowest BCUT2D eigenvalue weighted by molar-refractivity contribution is 0.245. The highest BCUT2D eigenvalue weighted by molar-refractivity contribution is 5.32. The van der Waals surface area contributed by atoms with Gasteiger partial charge in [-0.2, -0.15) is 0 Å². The molecular formula is C18H26N2O. The lowest BCUT2D eigenvalue weighted by atomic mass is 9.87. The molecule has 3 nitrogen and oxygen atoms in total. The molecule has 0 saturated carbocycles. The number of methoxy groups -OCH3 is 1. The van der Waals surface area contributed by atoms with Gasteiger partial charge >= 0.3 is 0 Å². The van der Waals surface area contributed by atoms with Crippen LogP contribution in [0.1, 0.15) is 12.0 Å². The minimum Gasteiger partial charge on any atom is -0.497 e. The summed E-state index contributed by atoms with van der Waals surface area (Å²) in [5.41, 5.74) is 7.25. The number of rotatable bonds is 10. The van der Waals surface area contributed by atoms with Gasteiger partial charge in [0.05, 0.1) is 12.6 Å². The predicted molar refractivity (Wildman–Crippen MR) is 90.5 cm³/mol. The molecule has 2 N–H and O–H groups in total. The second-order valence-corrected chi connectivity index (χ2v) is 5.15. The van der Waals surface area contributed by atoms with Gasteiger partial charge in [-0.05, 0) is 24.1 Å². The third-order valence-corrected chi connectivity index (χ3v) is 3.45. The Labute approximate surface area is 128 Å². The molecule has 0 aliphatic carbocycles. The summed E-state index contributed by atoms with van der Waals surface area (Å²) in [6.45, 7) is 13.7. The monoisotopic (exact) mass is 286 g/mol. The number of hydrogen-bond donors (Lipinski definition) is 1. The Kier molecular flexibility index (Phi) is 6.92. The van der Waals surface area contributed by atoms with Crippen LogP contribution in [0.4, 0.5) is 0 Å². The molecule has 0 aliphatic rings. The Hall–Kier alpha value is -1.84. The Morgan fingerprint density at radius 2 is 1.67 bits per heavy atom. The van der Waals surface area contributed by atoms with Crippen molar-refractivity contribution < 1.29 is 4.74 Å². The highest BCUT2D eigenvalue weighted by atomic mass is 16.5. The molecule has 1 atom stereocenters. The fourth-order valence-electron chi connectivity index (χ4n) is 2.42. The molecule has 1 aromatic carbocycles. The molecule has 0 saturated heterocycles. The van der Waals surface area contributed by atoms with Crippen LogP contribution in [0.5, 0.6) is 5.75 Å². The summed E-state index contributed by atoms with van der Waals surface area (Å²) in [5.74, 6) is 0.828. The Balaban J connectivity index is 3.00. The van der Waals surface area contributed by atoms with Crippen molar-refractivity contribution in [3.63, 3.8) is 0 Å². The molecule has 1 rings (SSSR count). The molecule has 0 bridgehead atoms. The molecule has 3 heteroatoms. The van der Waals surface area contributed by atoms with Crippen LogP contribution in [-0.2, 0) is 5.54 Å². The molecule has 1 aromatic rings. The minimum atomic E-state index is -0.486. The van der Waals surface area contributed by atoms with Crippen molar-refractivity contribution >= 4 is 0 Å². The van der Waals surface area contributed by atoms with E-state index in [1.165, 1.54) is 0 Å². The van der Waals surface area contributed by atoms with E-state index in [9.17, 15) is 0 Å². The van der Waals surface area contributed by atoms with E-state index in [0.717, 1.165) is 24.4 Å². The summed E-state index contributed by atoms with van der Waals surface area (Å²) in [5, 5.41) is 0. The number of ether oxygens (including phenoxy) is 1. The quantitative estimate of drug-likeness (QED) is 0.672. The SMILES string of the molecule is C=CCN(CC=C)CC(N)(CC=C)c1ccc(OC)cc1. The second kappa shape index (κ2) is 8.45. The first kappa shape index (κ1) is 17.2. The minimum absolute atomic E-state index is 0.486. The van der Waals surface area contributed by atoms with E-state index in [2.05, 4.69) is 24.6 Å². The molecule has 0 spiro atoms. The zero-order valence-corrected chi connectivity index (χ0v) is 12.9. The van der Waals surface area contributed by atoms with Gasteiger partial charge in [0.25, 0.3) is 0 Å². The lowest BCUT2D eigenvalue weighted by Crippen LogP contribution is -2.47. The maximum atomic E-state index is 6.66. The summed E-state index contributed by atoms with van der Waals surface area (Å²) in [6, 6.07) is 7.90. The Bertz CT molecular complexity index is 457. The third-order valence-electron chi connectivity index (χ3n) is 3.45. The van der Waals surface area contributed by atoms with E-state index in [0.29, 0.717) is 13.0 Å². The molecular weight excluding hydrogens is 260 g/mol. The standard InChI is InChI=1S/C18H26N2O/c1-5-12-18(19,15-20(13-6-2)14-7-3)16-8-10-17(21-4)11-9-16/h5-11H,1-3,12-15,19H2,4H3. The predicted octanol–water partition coefficient (Wildman–Crippen LogP) is 3.10. The molecule has 0 radical (unpaired) electrons. The number of nitrogens with two attached hydrogens (primary N) is 1. The topological polar surface area (TPSA) is 38.5 Å². The Morgan fingerprint density at radius 1 is 1.10 bits per heavy atom. The van der Waals surface area contributed by atoms with Crippen molar-refractivity contribution in [3.05, 3.63) is 67.8 Å². The largest absolute Gasteiger partial charge is 0.497 e. The van der Waals surface area contributed by atoms with Crippen LogP contribution in [0, 0.1) is 0 Å². The van der Waals surface area contributed by atoms with Crippen molar-refractivity contribution in [1.29, 1.82) is 0 Å². The van der Waals surface area contributed by atoms with Crippen molar-refractivity contribution in [2.45, 2.75) is 12.0 Å². The molecule has 0 aromatic heterocycles. The van der Waals surface area contributed by atoms with Crippen LogP contribution in [-0.4, -0.2) is 31.6 Å². The van der Waals surface area contributed by atoms with Crippen LogP contribution in [0.2, 0.25) is 0 Å². The molecule has 0 heterocycles. The smallest absolute Gasteiger partial charge is 0.118 e. The second-order valence-electron chi connectivity index (χ2n) is 5.15. The maximum Gasteiger partial charge on any atom is 0.118 e. The lowest BCUT2D eigenvalue weighted by Gasteiger charge is -2.34. The summed E-state index contributed by atoms with van der Waals surface area (Å²) < 4.78 is 5.20. The fourth-order valence-corrected chi connectivity index (χ4v) is 2.42. The Morgan fingerprint density at radius 3 is 2.10 bits per heavy atom. The van der Waals surface area contributed by atoms with Crippen LogP contribution in [0.3, 0.4) is 0 Å². The number of nitrogens with zero attached hydrogens (tertiary/aromatic N) is 1. The maximum absolute atomic E-state index is 6.66. The summed E-state index contributed by atoms with van der Waals surface area (Å²) in [6.07, 6.45) is 6.33. The van der Waals surface area contributed by atoms with E-state index in [1.807, 2.05) is 42.5 Å². The molecule has 0 amide bonds. The van der Waals surface area contributed by atoms with Gasteiger partial charge in [0.15, 0.2) is 0 Å². The summed E-state index contributed by atoms with van der Waals surface area (Å²) >= 11 is 0. The molecule has 21 heavy (non-hydrogen) atoms. The van der Waals surface area contributed by atoms with E-state index >= 15 is 0 Å². The fraction of sp³-hybridized carbons (Fsp3) is 0.333. The zero-order valence-electron chi connectivity index (χ0n) is 12.9. The van der Waals surface area contributed by atoms with Gasteiger partial charge in [0, 0.05) is 19.6 Å². The first-order chi connectivity index (χ1) is 10.1. The average molecular weight is 286 g/mol. The van der Waals surface area contributed by atoms with Crippen LogP contribution in [0.25, 0.3) is 0 Å². The average Bonchev–Trinajstić information content (AvgIpc) is 2.48. The van der Waals surface area contributed by atoms with Crippen LogP contribution < -0.4 is 10.5 Å². The zero-order chi connectivity index (χ0) is 15.7. The third kappa shape index (κ3) is 4.88. The van der Waals surface area contributed by atoms with Crippen molar-refractivity contribution in [2.24, 2.45) is 5.73 Å². The highest BCUT2D eigenvalue weighted by Crippen LogP contribution is 2.26. The van der Waals surface area contributed by atoms with Gasteiger partial charge in [-0.15, -0.1) is 19.7 Å². The summed E-state index contributed by atoms with van der Waals surface area (Å²) in [4.78, 5) is 2.22.